The van der Waals surface area contributed by atoms with Gasteiger partial charge in [-0.3, -0.25) is 0 Å². The third-order valence-electron chi connectivity index (χ3n) is 1.32. The Morgan fingerprint density at radius 2 is 2.17 bits per heavy atom. The van der Waals surface area contributed by atoms with Crippen molar-refractivity contribution in [3.05, 3.63) is 18.2 Å². The van der Waals surface area contributed by atoms with E-state index in [1.54, 1.807) is 0 Å². The van der Waals surface area contributed by atoms with E-state index < -0.39 is 12.3 Å². The van der Waals surface area contributed by atoms with Crippen LogP contribution in [0.15, 0.2) is 12.5 Å². The molecule has 68 valence electrons. The molecule has 12 heavy (non-hydrogen) atoms. The van der Waals surface area contributed by atoms with Crippen LogP contribution in [0.2, 0.25) is 0 Å². The predicted octanol–water partition coefficient (Wildman–Crippen LogP) is 1.02. The van der Waals surface area contributed by atoms with Crippen molar-refractivity contribution in [1.29, 1.82) is 0 Å². The molecule has 0 bridgehead atoms. The lowest BCUT2D eigenvalue weighted by atomic mass is 10.3. The van der Waals surface area contributed by atoms with Crippen molar-refractivity contribution in [2.75, 3.05) is 0 Å². The first-order valence-corrected chi connectivity index (χ1v) is 3.14. The average molecular weight is 180 g/mol. The smallest absolute Gasteiger partial charge is 0.378 e. The zero-order valence-electron chi connectivity index (χ0n) is 6.21. The van der Waals surface area contributed by atoms with Crippen LogP contribution in [0.4, 0.5) is 13.2 Å². The highest BCUT2D eigenvalue weighted by Gasteiger charge is 2.40. The van der Waals surface area contributed by atoms with E-state index in [0.717, 1.165) is 6.20 Å². The van der Waals surface area contributed by atoms with Gasteiger partial charge in [0.1, 0.15) is 0 Å². The average Bonchev–Trinajstić information content (AvgIpc) is 2.32. The molecule has 1 aromatic rings. The molecule has 1 aromatic heterocycles. The van der Waals surface area contributed by atoms with Gasteiger partial charge in [0.2, 0.25) is 0 Å². The number of aromatic nitrogens is 2. The molecule has 1 N–H and O–H groups in total. The molecular weight excluding hydrogens is 173 g/mol. The Morgan fingerprint density at radius 1 is 1.58 bits per heavy atom. The normalized spacial score (nSPS) is 14.8. The molecule has 0 aromatic carbocycles. The van der Waals surface area contributed by atoms with Crippen molar-refractivity contribution >= 4 is 0 Å². The van der Waals surface area contributed by atoms with Gasteiger partial charge in [0.15, 0.2) is 6.10 Å². The number of imidazole rings is 1. The van der Waals surface area contributed by atoms with Gasteiger partial charge in [-0.2, -0.15) is 13.2 Å². The van der Waals surface area contributed by atoms with Crippen molar-refractivity contribution in [1.82, 2.24) is 9.55 Å². The second-order valence-electron chi connectivity index (χ2n) is 2.41. The summed E-state index contributed by atoms with van der Waals surface area (Å²) in [6.07, 6.45) is -4.81. The summed E-state index contributed by atoms with van der Waals surface area (Å²) in [7, 11) is 1.53. The third kappa shape index (κ3) is 1.76. The lowest BCUT2D eigenvalue weighted by Crippen LogP contribution is -2.20. The number of halogens is 3. The zero-order valence-corrected chi connectivity index (χ0v) is 6.21. The first-order chi connectivity index (χ1) is 5.41. The maximum Gasteiger partial charge on any atom is 0.420 e. The molecule has 6 heteroatoms. The number of aryl methyl sites for hydroxylation is 1. The summed E-state index contributed by atoms with van der Waals surface area (Å²) in [5.74, 6) is 0. The molecular formula is C6H7F3N2O. The first-order valence-electron chi connectivity index (χ1n) is 3.14. The zero-order chi connectivity index (χ0) is 9.35. The number of aliphatic hydroxyl groups excluding tert-OH is 1. The van der Waals surface area contributed by atoms with Crippen molar-refractivity contribution in [2.45, 2.75) is 12.3 Å². The molecule has 3 nitrogen and oxygen atoms in total. The minimum Gasteiger partial charge on any atom is -0.378 e. The Labute approximate surface area is 66.5 Å². The van der Waals surface area contributed by atoms with Crippen LogP contribution in [0, 0.1) is 0 Å². The molecule has 0 unspecified atom stereocenters. The molecule has 0 spiro atoms. The lowest BCUT2D eigenvalue weighted by Gasteiger charge is -2.11. The number of nitrogens with zero attached hydrogens (tertiary/aromatic N) is 2. The number of hydrogen-bond donors (Lipinski definition) is 1. The molecule has 1 rings (SSSR count). The molecule has 1 heterocycles. The highest BCUT2D eigenvalue weighted by atomic mass is 19.4. The molecule has 0 aliphatic heterocycles. The maximum atomic E-state index is 11.8. The number of rotatable bonds is 1. The van der Waals surface area contributed by atoms with E-state index in [4.69, 9.17) is 5.11 Å². The Morgan fingerprint density at radius 3 is 2.50 bits per heavy atom. The largest absolute Gasteiger partial charge is 0.420 e. The van der Waals surface area contributed by atoms with E-state index in [-0.39, 0.29) is 5.69 Å². The van der Waals surface area contributed by atoms with Crippen molar-refractivity contribution in [3.8, 4) is 0 Å². The van der Waals surface area contributed by atoms with Crippen LogP contribution in [0.5, 0.6) is 0 Å². The molecule has 0 saturated heterocycles. The lowest BCUT2D eigenvalue weighted by molar-refractivity contribution is -0.207. The Balaban J connectivity index is 2.85. The Kier molecular flexibility index (Phi) is 2.10. The number of aliphatic hydroxyl groups is 1. The molecule has 0 radical (unpaired) electrons. The minimum atomic E-state index is -4.64. The van der Waals surface area contributed by atoms with Crippen LogP contribution in [0.25, 0.3) is 0 Å². The summed E-state index contributed by atoms with van der Waals surface area (Å²) in [5.41, 5.74) is -0.384. The van der Waals surface area contributed by atoms with E-state index in [1.165, 1.54) is 17.9 Å². The molecule has 0 amide bonds. The van der Waals surface area contributed by atoms with Crippen LogP contribution >= 0.6 is 0 Å². The quantitative estimate of drug-likeness (QED) is 0.700. The van der Waals surface area contributed by atoms with E-state index in [0.29, 0.717) is 0 Å². The van der Waals surface area contributed by atoms with Crippen LogP contribution in [0.3, 0.4) is 0 Å². The van der Waals surface area contributed by atoms with E-state index in [2.05, 4.69) is 4.98 Å². The third-order valence-corrected chi connectivity index (χ3v) is 1.32. The van der Waals surface area contributed by atoms with Crippen LogP contribution in [-0.4, -0.2) is 20.8 Å². The number of alkyl halides is 3. The van der Waals surface area contributed by atoms with Gasteiger partial charge >= 0.3 is 6.18 Å². The van der Waals surface area contributed by atoms with E-state index >= 15 is 0 Å². The second kappa shape index (κ2) is 2.78. The fourth-order valence-electron chi connectivity index (χ4n) is 0.742. The summed E-state index contributed by atoms with van der Waals surface area (Å²) in [4.78, 5) is 3.38. The SMILES string of the molecule is Cn1cnc([C@H](O)C(F)(F)F)c1. The predicted molar refractivity (Wildman–Crippen MR) is 34.2 cm³/mol. The molecule has 1 atom stereocenters. The highest BCUT2D eigenvalue weighted by Crippen LogP contribution is 2.30. The van der Waals surface area contributed by atoms with Gasteiger partial charge < -0.3 is 9.67 Å². The number of hydrogen-bond acceptors (Lipinski definition) is 2. The summed E-state index contributed by atoms with van der Waals surface area (Å²) in [5, 5.41) is 8.67. The van der Waals surface area contributed by atoms with Gasteiger partial charge in [-0.15, -0.1) is 0 Å². The topological polar surface area (TPSA) is 38.0 Å². The first kappa shape index (κ1) is 9.05. The van der Waals surface area contributed by atoms with Crippen molar-refractivity contribution < 1.29 is 18.3 Å². The van der Waals surface area contributed by atoms with Gasteiger partial charge in [-0.05, 0) is 0 Å². The van der Waals surface area contributed by atoms with Crippen LogP contribution in [0.1, 0.15) is 11.8 Å². The van der Waals surface area contributed by atoms with Crippen LogP contribution in [-0.2, 0) is 7.05 Å². The summed E-state index contributed by atoms with van der Waals surface area (Å²) in [6, 6.07) is 0. The van der Waals surface area contributed by atoms with Crippen molar-refractivity contribution in [3.63, 3.8) is 0 Å². The standard InChI is InChI=1S/C6H7F3N2O/c1-11-2-4(10-3-11)5(12)6(7,8)9/h2-3,5,12H,1H3/t5-/m0/s1. The van der Waals surface area contributed by atoms with Gasteiger partial charge in [0.05, 0.1) is 12.0 Å². The highest BCUT2D eigenvalue weighted by molar-refractivity contribution is 5.02. The maximum absolute atomic E-state index is 11.8. The minimum absolute atomic E-state index is 0.384. The van der Waals surface area contributed by atoms with Gasteiger partial charge in [-0.1, -0.05) is 0 Å². The summed E-state index contributed by atoms with van der Waals surface area (Å²) >= 11 is 0. The van der Waals surface area contributed by atoms with Gasteiger partial charge in [0, 0.05) is 13.2 Å². The molecule has 0 aliphatic carbocycles. The monoisotopic (exact) mass is 180 g/mol. The summed E-state index contributed by atoms with van der Waals surface area (Å²) in [6.45, 7) is 0. The van der Waals surface area contributed by atoms with Crippen molar-refractivity contribution in [2.24, 2.45) is 7.05 Å². The molecule has 0 fully saturated rings. The molecule has 0 saturated carbocycles. The van der Waals surface area contributed by atoms with E-state index in [9.17, 15) is 13.2 Å². The fraction of sp³-hybridized carbons (Fsp3) is 0.500. The molecule has 0 aliphatic rings. The van der Waals surface area contributed by atoms with Crippen LogP contribution < -0.4 is 0 Å². The Hall–Kier alpha value is -1.04. The Bertz CT molecular complexity index is 268. The van der Waals surface area contributed by atoms with Gasteiger partial charge in [0.25, 0.3) is 0 Å². The van der Waals surface area contributed by atoms with E-state index in [1.807, 2.05) is 0 Å². The summed E-state index contributed by atoms with van der Waals surface area (Å²) < 4.78 is 36.9. The second-order valence-corrected chi connectivity index (χ2v) is 2.41. The fourth-order valence-corrected chi connectivity index (χ4v) is 0.742. The van der Waals surface area contributed by atoms with Gasteiger partial charge in [-0.25, -0.2) is 4.98 Å².